The molecule has 2 N–H and O–H groups in total. The third-order valence-electron chi connectivity index (χ3n) is 4.65. The van der Waals surface area contributed by atoms with E-state index in [-0.39, 0.29) is 29.9 Å². The van der Waals surface area contributed by atoms with E-state index in [1.54, 1.807) is 35.5 Å². The van der Waals surface area contributed by atoms with E-state index in [1.165, 1.54) is 0 Å². The van der Waals surface area contributed by atoms with Crippen molar-refractivity contribution in [2.45, 2.75) is 19.4 Å². The number of nitrogens with one attached hydrogen (secondary N) is 2. The van der Waals surface area contributed by atoms with Gasteiger partial charge in [-0.25, -0.2) is 0 Å². The molecule has 30 heavy (non-hydrogen) atoms. The molecule has 7 nitrogen and oxygen atoms in total. The lowest BCUT2D eigenvalue weighted by Gasteiger charge is -2.19. The van der Waals surface area contributed by atoms with Gasteiger partial charge in [0.05, 0.1) is 28.4 Å². The molecule has 0 bridgehead atoms. The second-order valence-electron chi connectivity index (χ2n) is 6.48. The van der Waals surface area contributed by atoms with Gasteiger partial charge < -0.3 is 29.6 Å². The van der Waals surface area contributed by atoms with Gasteiger partial charge in [0.2, 0.25) is 5.75 Å². The molecule has 0 heterocycles. The second kappa shape index (κ2) is 13.0. The van der Waals surface area contributed by atoms with Gasteiger partial charge in [-0.15, -0.1) is 24.0 Å². The highest BCUT2D eigenvalue weighted by Gasteiger charge is 2.14. The van der Waals surface area contributed by atoms with Gasteiger partial charge in [-0.05, 0) is 29.3 Å². The Hall–Kier alpha value is -2.36. The van der Waals surface area contributed by atoms with Crippen LogP contribution in [0.5, 0.6) is 23.0 Å². The molecule has 1 atom stereocenters. The molecular weight excluding hydrogens is 497 g/mol. The van der Waals surface area contributed by atoms with Gasteiger partial charge in [-0.3, -0.25) is 4.99 Å². The Morgan fingerprint density at radius 2 is 1.50 bits per heavy atom. The van der Waals surface area contributed by atoms with Crippen LogP contribution in [0, 0.1) is 0 Å². The van der Waals surface area contributed by atoms with E-state index in [1.807, 2.05) is 30.3 Å². The molecule has 0 spiro atoms. The predicted molar refractivity (Wildman–Crippen MR) is 131 cm³/mol. The molecule has 2 aromatic carbocycles. The molecule has 0 aliphatic carbocycles. The van der Waals surface area contributed by atoms with Crippen molar-refractivity contribution in [1.29, 1.82) is 0 Å². The number of guanidine groups is 1. The van der Waals surface area contributed by atoms with E-state index in [0.717, 1.165) is 23.4 Å². The maximum atomic E-state index is 5.46. The van der Waals surface area contributed by atoms with Crippen molar-refractivity contribution in [2.24, 2.45) is 4.99 Å². The fraction of sp³-hybridized carbons (Fsp3) is 0.409. The minimum Gasteiger partial charge on any atom is -0.496 e. The lowest BCUT2D eigenvalue weighted by atomic mass is 10.0. The van der Waals surface area contributed by atoms with E-state index in [4.69, 9.17) is 18.9 Å². The van der Waals surface area contributed by atoms with Crippen molar-refractivity contribution in [2.75, 3.05) is 42.0 Å². The van der Waals surface area contributed by atoms with Crippen LogP contribution in [0.3, 0.4) is 0 Å². The maximum Gasteiger partial charge on any atom is 0.203 e. The van der Waals surface area contributed by atoms with Crippen LogP contribution in [0.25, 0.3) is 0 Å². The Kier molecular flexibility index (Phi) is 11.2. The quantitative estimate of drug-likeness (QED) is 0.293. The van der Waals surface area contributed by atoms with Crippen LogP contribution in [0.4, 0.5) is 0 Å². The molecule has 1 unspecified atom stereocenters. The van der Waals surface area contributed by atoms with E-state index >= 15 is 0 Å². The molecule has 0 saturated carbocycles. The standard InChI is InChI=1S/C22H31N3O4.HI/c1-15(17-9-7-8-10-18(17)26-3)13-24-22(23-2)25-14-16-11-19(27-4)21(29-6)20(12-16)28-5;/h7-12,15H,13-14H2,1-6H3,(H2,23,24,25);1H. The normalized spacial score (nSPS) is 11.7. The van der Waals surface area contributed by atoms with Gasteiger partial charge in [-0.2, -0.15) is 0 Å². The number of rotatable bonds is 9. The zero-order valence-electron chi connectivity index (χ0n) is 18.4. The number of benzene rings is 2. The molecule has 0 amide bonds. The first-order valence-electron chi connectivity index (χ1n) is 9.44. The van der Waals surface area contributed by atoms with Crippen LogP contribution in [0.15, 0.2) is 41.4 Å². The van der Waals surface area contributed by atoms with Crippen LogP contribution < -0.4 is 29.6 Å². The summed E-state index contributed by atoms with van der Waals surface area (Å²) < 4.78 is 21.7. The molecule has 0 radical (unpaired) electrons. The Labute approximate surface area is 196 Å². The number of halogens is 1. The Morgan fingerprint density at radius 3 is 2.03 bits per heavy atom. The summed E-state index contributed by atoms with van der Waals surface area (Å²) in [6.45, 7) is 3.42. The smallest absolute Gasteiger partial charge is 0.203 e. The fourth-order valence-corrected chi connectivity index (χ4v) is 3.08. The van der Waals surface area contributed by atoms with Crippen molar-refractivity contribution in [1.82, 2.24) is 10.6 Å². The van der Waals surface area contributed by atoms with Crippen molar-refractivity contribution in [3.05, 3.63) is 47.5 Å². The average Bonchev–Trinajstić information content (AvgIpc) is 2.77. The van der Waals surface area contributed by atoms with Gasteiger partial charge in [0, 0.05) is 26.1 Å². The SMILES string of the molecule is CN=C(NCc1cc(OC)c(OC)c(OC)c1)NCC(C)c1ccccc1OC.I. The summed E-state index contributed by atoms with van der Waals surface area (Å²) in [6, 6.07) is 11.9. The summed E-state index contributed by atoms with van der Waals surface area (Å²) in [7, 11) is 8.24. The number of hydrogen-bond donors (Lipinski definition) is 2. The van der Waals surface area contributed by atoms with Crippen LogP contribution in [-0.2, 0) is 6.54 Å². The van der Waals surface area contributed by atoms with Gasteiger partial charge in [-0.1, -0.05) is 25.1 Å². The summed E-state index contributed by atoms with van der Waals surface area (Å²) in [6.07, 6.45) is 0. The zero-order chi connectivity index (χ0) is 21.2. The van der Waals surface area contributed by atoms with E-state index in [0.29, 0.717) is 29.8 Å². The van der Waals surface area contributed by atoms with Crippen molar-refractivity contribution in [3.8, 4) is 23.0 Å². The van der Waals surface area contributed by atoms with Crippen molar-refractivity contribution < 1.29 is 18.9 Å². The highest BCUT2D eigenvalue weighted by molar-refractivity contribution is 14.0. The number of ether oxygens (including phenoxy) is 4. The van der Waals surface area contributed by atoms with E-state index in [9.17, 15) is 0 Å². The third kappa shape index (κ3) is 6.58. The largest absolute Gasteiger partial charge is 0.496 e. The summed E-state index contributed by atoms with van der Waals surface area (Å²) in [5, 5.41) is 6.68. The molecule has 8 heteroatoms. The summed E-state index contributed by atoms with van der Waals surface area (Å²) in [5.74, 6) is 3.67. The fourth-order valence-electron chi connectivity index (χ4n) is 3.08. The van der Waals surface area contributed by atoms with Crippen molar-refractivity contribution in [3.63, 3.8) is 0 Å². The molecule has 2 aromatic rings. The Balaban J connectivity index is 0.00000450. The predicted octanol–water partition coefficient (Wildman–Crippen LogP) is 3.81. The van der Waals surface area contributed by atoms with E-state index < -0.39 is 0 Å². The number of nitrogens with zero attached hydrogens (tertiary/aromatic N) is 1. The second-order valence-corrected chi connectivity index (χ2v) is 6.48. The Bertz CT molecular complexity index is 805. The number of hydrogen-bond acceptors (Lipinski definition) is 5. The Morgan fingerprint density at radius 1 is 0.900 bits per heavy atom. The summed E-state index contributed by atoms with van der Waals surface area (Å²) in [4.78, 5) is 4.31. The first-order valence-corrected chi connectivity index (χ1v) is 9.44. The highest BCUT2D eigenvalue weighted by Crippen LogP contribution is 2.38. The molecule has 0 aliphatic heterocycles. The van der Waals surface area contributed by atoms with Crippen LogP contribution in [0.2, 0.25) is 0 Å². The third-order valence-corrected chi connectivity index (χ3v) is 4.65. The minimum absolute atomic E-state index is 0. The molecule has 0 saturated heterocycles. The average molecular weight is 529 g/mol. The number of aliphatic imine (C=N–C) groups is 1. The van der Waals surface area contributed by atoms with Crippen LogP contribution in [0.1, 0.15) is 24.0 Å². The number of para-hydroxylation sites is 1. The monoisotopic (exact) mass is 529 g/mol. The lowest BCUT2D eigenvalue weighted by molar-refractivity contribution is 0.323. The van der Waals surface area contributed by atoms with Crippen LogP contribution in [-0.4, -0.2) is 48.0 Å². The molecule has 166 valence electrons. The topological polar surface area (TPSA) is 73.3 Å². The molecule has 0 aliphatic rings. The number of methoxy groups -OCH3 is 4. The molecule has 0 aromatic heterocycles. The van der Waals surface area contributed by atoms with Crippen LogP contribution >= 0.6 is 24.0 Å². The van der Waals surface area contributed by atoms with E-state index in [2.05, 4.69) is 28.6 Å². The molecule has 2 rings (SSSR count). The van der Waals surface area contributed by atoms with Gasteiger partial charge in [0.25, 0.3) is 0 Å². The first kappa shape index (κ1) is 25.7. The van der Waals surface area contributed by atoms with Crippen molar-refractivity contribution >= 4 is 29.9 Å². The first-order chi connectivity index (χ1) is 14.1. The van der Waals surface area contributed by atoms with Gasteiger partial charge in [0.1, 0.15) is 5.75 Å². The van der Waals surface area contributed by atoms with Gasteiger partial charge in [0.15, 0.2) is 17.5 Å². The minimum atomic E-state index is 0. The lowest BCUT2D eigenvalue weighted by Crippen LogP contribution is -2.38. The molecule has 0 fully saturated rings. The highest BCUT2D eigenvalue weighted by atomic mass is 127. The van der Waals surface area contributed by atoms with Gasteiger partial charge >= 0.3 is 0 Å². The summed E-state index contributed by atoms with van der Waals surface area (Å²) >= 11 is 0. The molecular formula is C22H32IN3O4. The maximum absolute atomic E-state index is 5.46. The summed E-state index contributed by atoms with van der Waals surface area (Å²) in [5.41, 5.74) is 2.14. The zero-order valence-corrected chi connectivity index (χ0v) is 20.8.